The van der Waals surface area contributed by atoms with Crippen molar-refractivity contribution in [2.45, 2.75) is 13.8 Å². The summed E-state index contributed by atoms with van der Waals surface area (Å²) in [6.45, 7) is 4.08. The summed E-state index contributed by atoms with van der Waals surface area (Å²) < 4.78 is 5.57. The number of amides is 1. The summed E-state index contributed by atoms with van der Waals surface area (Å²) in [5.74, 6) is -0.760. The fraction of sp³-hybridized carbons (Fsp3) is 0.455. The molecule has 0 saturated carbocycles. The first-order chi connectivity index (χ1) is 8.49. The maximum absolute atomic E-state index is 12.1. The molecule has 0 saturated heterocycles. The topological polar surface area (TPSA) is 46.6 Å². The van der Waals surface area contributed by atoms with Crippen molar-refractivity contribution in [1.29, 1.82) is 0 Å². The van der Waals surface area contributed by atoms with Gasteiger partial charge in [-0.15, -0.1) is 11.3 Å². The van der Waals surface area contributed by atoms with Gasteiger partial charge in [-0.25, -0.2) is 0 Å². The minimum atomic E-state index is -0.440. The Balaban J connectivity index is 2.79. The Kier molecular flexibility index (Phi) is 5.91. The summed E-state index contributed by atoms with van der Waals surface area (Å²) in [7, 11) is 0. The van der Waals surface area contributed by atoms with Crippen molar-refractivity contribution in [3.05, 3.63) is 20.3 Å². The summed E-state index contributed by atoms with van der Waals surface area (Å²) >= 11 is 12.8. The molecule has 18 heavy (non-hydrogen) atoms. The van der Waals surface area contributed by atoms with Crippen LogP contribution in [-0.2, 0) is 9.53 Å². The second-order valence-corrected chi connectivity index (χ2v) is 5.65. The van der Waals surface area contributed by atoms with Crippen LogP contribution in [0.3, 0.4) is 0 Å². The highest BCUT2D eigenvalue weighted by molar-refractivity contribution is 7.20. The Morgan fingerprint density at radius 1 is 1.39 bits per heavy atom. The van der Waals surface area contributed by atoms with E-state index < -0.39 is 5.97 Å². The van der Waals surface area contributed by atoms with Gasteiger partial charge in [-0.3, -0.25) is 9.59 Å². The Morgan fingerprint density at radius 3 is 2.50 bits per heavy atom. The van der Waals surface area contributed by atoms with Gasteiger partial charge in [-0.2, -0.15) is 0 Å². The zero-order valence-electron chi connectivity index (χ0n) is 10.0. The van der Waals surface area contributed by atoms with E-state index in [0.717, 1.165) is 11.3 Å². The lowest BCUT2D eigenvalue weighted by molar-refractivity contribution is -0.143. The van der Waals surface area contributed by atoms with Crippen LogP contribution < -0.4 is 0 Å². The lowest BCUT2D eigenvalue weighted by atomic mass is 10.3. The first kappa shape index (κ1) is 15.3. The van der Waals surface area contributed by atoms with Crippen LogP contribution >= 0.6 is 34.5 Å². The highest BCUT2D eigenvalue weighted by Crippen LogP contribution is 2.31. The molecule has 0 aliphatic rings. The van der Waals surface area contributed by atoms with Gasteiger partial charge in [0, 0.05) is 6.54 Å². The van der Waals surface area contributed by atoms with Crippen LogP contribution in [-0.4, -0.2) is 36.5 Å². The molecular weight excluding hydrogens is 297 g/mol. The smallest absolute Gasteiger partial charge is 0.325 e. The zero-order valence-corrected chi connectivity index (χ0v) is 12.4. The number of hydrogen-bond acceptors (Lipinski definition) is 4. The van der Waals surface area contributed by atoms with Gasteiger partial charge in [0.25, 0.3) is 5.91 Å². The van der Waals surface area contributed by atoms with Gasteiger partial charge in [0.1, 0.15) is 10.9 Å². The van der Waals surface area contributed by atoms with Crippen LogP contribution in [0.5, 0.6) is 0 Å². The highest BCUT2D eigenvalue weighted by Gasteiger charge is 2.22. The molecule has 4 nitrogen and oxygen atoms in total. The Bertz CT molecular complexity index is 447. The van der Waals surface area contributed by atoms with Crippen LogP contribution in [0.1, 0.15) is 24.2 Å². The van der Waals surface area contributed by atoms with Crippen LogP contribution in [0.4, 0.5) is 0 Å². The lowest BCUT2D eigenvalue weighted by Crippen LogP contribution is -2.36. The van der Waals surface area contributed by atoms with Crippen molar-refractivity contribution < 1.29 is 14.3 Å². The molecule has 100 valence electrons. The number of ether oxygens (including phenoxy) is 1. The average molecular weight is 310 g/mol. The number of carbonyl (C=O) groups is 2. The van der Waals surface area contributed by atoms with E-state index in [-0.39, 0.29) is 19.1 Å². The largest absolute Gasteiger partial charge is 0.465 e. The number of hydrogen-bond donors (Lipinski definition) is 0. The van der Waals surface area contributed by atoms with Gasteiger partial charge >= 0.3 is 5.97 Å². The second kappa shape index (κ2) is 6.97. The van der Waals surface area contributed by atoms with Crippen molar-refractivity contribution >= 4 is 46.4 Å². The van der Waals surface area contributed by atoms with Crippen molar-refractivity contribution in [1.82, 2.24) is 4.90 Å². The van der Waals surface area contributed by atoms with E-state index in [9.17, 15) is 9.59 Å². The molecule has 0 aliphatic heterocycles. The first-order valence-electron chi connectivity index (χ1n) is 5.39. The molecule has 0 radical (unpaired) electrons. The summed E-state index contributed by atoms with van der Waals surface area (Å²) in [6, 6.07) is 1.50. The Hall–Kier alpha value is -0.780. The molecule has 0 aliphatic carbocycles. The Morgan fingerprint density at radius 2 is 2.06 bits per heavy atom. The number of likely N-dealkylation sites (N-methyl/N-ethyl adjacent to an activating group) is 1. The molecule has 0 atom stereocenters. The van der Waals surface area contributed by atoms with E-state index in [0.29, 0.717) is 20.8 Å². The fourth-order valence-corrected chi connectivity index (χ4v) is 2.79. The summed E-state index contributed by atoms with van der Waals surface area (Å²) in [6.07, 6.45) is 0. The van der Waals surface area contributed by atoms with Gasteiger partial charge in [-0.05, 0) is 19.9 Å². The van der Waals surface area contributed by atoms with E-state index in [1.54, 1.807) is 13.8 Å². The maximum Gasteiger partial charge on any atom is 0.325 e. The molecule has 1 amide bonds. The number of halogens is 2. The normalized spacial score (nSPS) is 10.2. The third kappa shape index (κ3) is 3.86. The number of rotatable bonds is 5. The monoisotopic (exact) mass is 309 g/mol. The molecule has 1 aromatic rings. The van der Waals surface area contributed by atoms with Gasteiger partial charge in [-0.1, -0.05) is 23.2 Å². The van der Waals surface area contributed by atoms with Crippen molar-refractivity contribution in [2.24, 2.45) is 0 Å². The number of esters is 1. The number of thiophene rings is 1. The minimum absolute atomic E-state index is 0.0903. The first-order valence-corrected chi connectivity index (χ1v) is 6.96. The predicted octanol–water partition coefficient (Wildman–Crippen LogP) is 3.08. The highest BCUT2D eigenvalue weighted by atomic mass is 35.5. The molecule has 7 heteroatoms. The molecule has 0 unspecified atom stereocenters. The number of nitrogens with zero attached hydrogens (tertiary/aromatic N) is 1. The van der Waals surface area contributed by atoms with Crippen LogP contribution in [0.2, 0.25) is 8.67 Å². The van der Waals surface area contributed by atoms with E-state index >= 15 is 0 Å². The van der Waals surface area contributed by atoms with Crippen LogP contribution in [0.15, 0.2) is 6.07 Å². The summed E-state index contributed by atoms with van der Waals surface area (Å²) in [4.78, 5) is 24.9. The maximum atomic E-state index is 12.1. The SMILES string of the molecule is CCOC(=O)CN(CC)C(=O)c1cc(Cl)sc1Cl. The average Bonchev–Trinajstić information content (AvgIpc) is 2.65. The molecule has 0 fully saturated rings. The van der Waals surface area contributed by atoms with Crippen molar-refractivity contribution in [2.75, 3.05) is 19.7 Å². The van der Waals surface area contributed by atoms with E-state index in [2.05, 4.69) is 0 Å². The van der Waals surface area contributed by atoms with Gasteiger partial charge in [0.05, 0.1) is 16.5 Å². The third-order valence-corrected chi connectivity index (χ3v) is 3.67. The lowest BCUT2D eigenvalue weighted by Gasteiger charge is -2.19. The zero-order chi connectivity index (χ0) is 13.7. The predicted molar refractivity (Wildman–Crippen MR) is 72.5 cm³/mol. The quantitative estimate of drug-likeness (QED) is 0.785. The Labute approximate surface area is 119 Å². The van der Waals surface area contributed by atoms with Crippen molar-refractivity contribution in [3.63, 3.8) is 0 Å². The molecule has 1 aromatic heterocycles. The fourth-order valence-electron chi connectivity index (χ4n) is 1.35. The summed E-state index contributed by atoms with van der Waals surface area (Å²) in [5, 5.41) is 0. The molecule has 1 rings (SSSR count). The summed E-state index contributed by atoms with van der Waals surface area (Å²) in [5.41, 5.74) is 0.317. The molecular formula is C11H13Cl2NO3S. The van der Waals surface area contributed by atoms with E-state index in [1.807, 2.05) is 0 Å². The standard InChI is InChI=1S/C11H13Cl2NO3S/c1-3-14(6-9(15)17-4-2)11(16)7-5-8(12)18-10(7)13/h5H,3-4,6H2,1-2H3. The molecule has 0 N–H and O–H groups in total. The van der Waals surface area contributed by atoms with Crippen LogP contribution in [0.25, 0.3) is 0 Å². The van der Waals surface area contributed by atoms with E-state index in [1.165, 1.54) is 11.0 Å². The second-order valence-electron chi connectivity index (χ2n) is 3.36. The molecule has 0 aromatic carbocycles. The third-order valence-electron chi connectivity index (χ3n) is 2.18. The number of carbonyl (C=O) groups excluding carboxylic acids is 2. The minimum Gasteiger partial charge on any atom is -0.465 e. The van der Waals surface area contributed by atoms with E-state index in [4.69, 9.17) is 27.9 Å². The molecule has 0 spiro atoms. The van der Waals surface area contributed by atoms with Gasteiger partial charge in [0.2, 0.25) is 0 Å². The van der Waals surface area contributed by atoms with Crippen molar-refractivity contribution in [3.8, 4) is 0 Å². The van der Waals surface area contributed by atoms with Crippen LogP contribution in [0, 0.1) is 0 Å². The van der Waals surface area contributed by atoms with Gasteiger partial charge in [0.15, 0.2) is 0 Å². The molecule has 1 heterocycles. The molecule has 0 bridgehead atoms. The van der Waals surface area contributed by atoms with Gasteiger partial charge < -0.3 is 9.64 Å².